The van der Waals surface area contributed by atoms with Crippen molar-refractivity contribution in [1.82, 2.24) is 5.16 Å². The van der Waals surface area contributed by atoms with Crippen molar-refractivity contribution in [3.63, 3.8) is 0 Å². The van der Waals surface area contributed by atoms with Gasteiger partial charge in [-0.25, -0.2) is 0 Å². The first kappa shape index (κ1) is 19.4. The van der Waals surface area contributed by atoms with Crippen LogP contribution in [-0.2, 0) is 0 Å². The van der Waals surface area contributed by atoms with Crippen LogP contribution in [0, 0.1) is 0 Å². The minimum Gasteiger partial charge on any atom is -0.493 e. The summed E-state index contributed by atoms with van der Waals surface area (Å²) >= 11 is 0. The van der Waals surface area contributed by atoms with E-state index in [1.165, 1.54) is 0 Å². The molecular weight excluding hydrogens is 360 g/mol. The highest BCUT2D eigenvalue weighted by Gasteiger charge is 2.24. The van der Waals surface area contributed by atoms with Gasteiger partial charge in [-0.2, -0.15) is 0 Å². The number of hydrogen-bond donors (Lipinski definition) is 0. The molecule has 1 aromatic heterocycles. The van der Waals surface area contributed by atoms with E-state index in [1.807, 2.05) is 49.3 Å². The summed E-state index contributed by atoms with van der Waals surface area (Å²) in [5.41, 5.74) is 3.31. The molecule has 0 saturated carbocycles. The van der Waals surface area contributed by atoms with Crippen molar-refractivity contribution in [1.29, 1.82) is 0 Å². The van der Waals surface area contributed by atoms with Crippen LogP contribution in [0.15, 0.2) is 40.9 Å². The lowest BCUT2D eigenvalue weighted by Gasteiger charge is -2.17. The van der Waals surface area contributed by atoms with Gasteiger partial charge >= 0.3 is 0 Å². The summed E-state index contributed by atoms with van der Waals surface area (Å²) in [6.45, 7) is 0. The van der Waals surface area contributed by atoms with Gasteiger partial charge < -0.3 is 28.4 Å². The van der Waals surface area contributed by atoms with Gasteiger partial charge in [0.05, 0.1) is 34.0 Å². The average Bonchev–Trinajstić information content (AvgIpc) is 3.21. The lowest BCUT2D eigenvalue weighted by atomic mass is 10.1. The lowest BCUT2D eigenvalue weighted by molar-refractivity contribution is 0.306. The van der Waals surface area contributed by atoms with Crippen molar-refractivity contribution in [2.45, 2.75) is 0 Å². The molecule has 0 unspecified atom stereocenters. The van der Waals surface area contributed by atoms with Gasteiger partial charge in [0.25, 0.3) is 0 Å². The second kappa shape index (κ2) is 8.12. The quantitative estimate of drug-likeness (QED) is 0.607. The fraction of sp³-hybridized carbons (Fsp3) is 0.286. The molecule has 3 rings (SSSR count). The number of aromatic nitrogens is 1. The van der Waals surface area contributed by atoms with Gasteiger partial charge in [0.2, 0.25) is 11.5 Å². The van der Waals surface area contributed by atoms with Crippen molar-refractivity contribution < 1.29 is 23.5 Å². The number of benzene rings is 2. The molecule has 0 fully saturated rings. The molecule has 0 spiro atoms. The van der Waals surface area contributed by atoms with Gasteiger partial charge in [0, 0.05) is 31.4 Å². The maximum Gasteiger partial charge on any atom is 0.207 e. The molecule has 28 heavy (non-hydrogen) atoms. The number of anilines is 1. The van der Waals surface area contributed by atoms with Crippen molar-refractivity contribution in [3.8, 4) is 45.6 Å². The SMILES string of the molecule is COc1cc(-c2cc(-c3ccc(N(C)C)cc3)on2)c(OC)c(OC)c1OC. The van der Waals surface area contributed by atoms with Crippen molar-refractivity contribution >= 4 is 5.69 Å². The van der Waals surface area contributed by atoms with Crippen LogP contribution >= 0.6 is 0 Å². The van der Waals surface area contributed by atoms with Crippen molar-refractivity contribution in [2.75, 3.05) is 47.4 Å². The number of methoxy groups -OCH3 is 4. The normalized spacial score (nSPS) is 10.5. The fourth-order valence-corrected chi connectivity index (χ4v) is 2.98. The van der Waals surface area contributed by atoms with E-state index in [-0.39, 0.29) is 0 Å². The Morgan fingerprint density at radius 1 is 0.786 bits per heavy atom. The van der Waals surface area contributed by atoms with E-state index < -0.39 is 0 Å². The van der Waals surface area contributed by atoms with E-state index in [2.05, 4.69) is 5.16 Å². The van der Waals surface area contributed by atoms with Crippen LogP contribution in [0.3, 0.4) is 0 Å². The minimum atomic E-state index is 0.430. The Kier molecular flexibility index (Phi) is 5.63. The Bertz CT molecular complexity index is 948. The van der Waals surface area contributed by atoms with E-state index in [1.54, 1.807) is 34.5 Å². The van der Waals surface area contributed by atoms with Crippen LogP contribution in [0.4, 0.5) is 5.69 Å². The highest BCUT2D eigenvalue weighted by atomic mass is 16.5. The molecule has 0 aliphatic carbocycles. The van der Waals surface area contributed by atoms with Crippen LogP contribution in [-0.4, -0.2) is 47.7 Å². The van der Waals surface area contributed by atoms with Crippen molar-refractivity contribution in [3.05, 3.63) is 36.4 Å². The monoisotopic (exact) mass is 384 g/mol. The van der Waals surface area contributed by atoms with Crippen LogP contribution in [0.2, 0.25) is 0 Å². The molecule has 7 heteroatoms. The smallest absolute Gasteiger partial charge is 0.207 e. The second-order valence-corrected chi connectivity index (χ2v) is 6.24. The Morgan fingerprint density at radius 2 is 1.43 bits per heavy atom. The molecule has 0 bridgehead atoms. The first-order valence-electron chi connectivity index (χ1n) is 8.65. The predicted octanol–water partition coefficient (Wildman–Crippen LogP) is 4.11. The molecule has 7 nitrogen and oxygen atoms in total. The molecule has 0 amide bonds. The average molecular weight is 384 g/mol. The molecule has 2 aromatic carbocycles. The summed E-state index contributed by atoms with van der Waals surface area (Å²) in [7, 11) is 10.2. The second-order valence-electron chi connectivity index (χ2n) is 6.24. The predicted molar refractivity (Wildman–Crippen MR) is 108 cm³/mol. The van der Waals surface area contributed by atoms with E-state index in [0.29, 0.717) is 40.0 Å². The Morgan fingerprint density at radius 3 is 1.96 bits per heavy atom. The molecular formula is C21H24N2O5. The lowest BCUT2D eigenvalue weighted by Crippen LogP contribution is -2.07. The Balaban J connectivity index is 2.07. The highest BCUT2D eigenvalue weighted by Crippen LogP contribution is 2.50. The van der Waals surface area contributed by atoms with Gasteiger partial charge in [0.15, 0.2) is 17.3 Å². The number of nitrogens with zero attached hydrogens (tertiary/aromatic N) is 2. The molecule has 0 radical (unpaired) electrons. The zero-order valence-corrected chi connectivity index (χ0v) is 16.9. The zero-order valence-electron chi connectivity index (χ0n) is 16.9. The summed E-state index contributed by atoms with van der Waals surface area (Å²) in [4.78, 5) is 2.04. The summed E-state index contributed by atoms with van der Waals surface area (Å²) in [5, 5.41) is 4.22. The molecule has 0 aliphatic rings. The van der Waals surface area contributed by atoms with Crippen LogP contribution in [0.25, 0.3) is 22.6 Å². The first-order valence-corrected chi connectivity index (χ1v) is 8.65. The zero-order chi connectivity index (χ0) is 20.3. The largest absolute Gasteiger partial charge is 0.493 e. The number of ether oxygens (including phenoxy) is 4. The van der Waals surface area contributed by atoms with E-state index >= 15 is 0 Å². The van der Waals surface area contributed by atoms with Gasteiger partial charge in [-0.1, -0.05) is 5.16 Å². The maximum atomic E-state index is 5.58. The van der Waals surface area contributed by atoms with E-state index in [0.717, 1.165) is 11.3 Å². The van der Waals surface area contributed by atoms with Crippen LogP contribution < -0.4 is 23.8 Å². The number of rotatable bonds is 7. The highest BCUT2D eigenvalue weighted by molar-refractivity contribution is 5.79. The summed E-state index contributed by atoms with van der Waals surface area (Å²) < 4.78 is 27.5. The molecule has 0 atom stereocenters. The van der Waals surface area contributed by atoms with Gasteiger partial charge in [0.1, 0.15) is 5.69 Å². The van der Waals surface area contributed by atoms with Crippen LogP contribution in [0.5, 0.6) is 23.0 Å². The number of hydrogen-bond acceptors (Lipinski definition) is 7. The van der Waals surface area contributed by atoms with Gasteiger partial charge in [-0.05, 0) is 30.3 Å². The van der Waals surface area contributed by atoms with Gasteiger partial charge in [-0.15, -0.1) is 0 Å². The fourth-order valence-electron chi connectivity index (χ4n) is 2.98. The topological polar surface area (TPSA) is 66.2 Å². The first-order chi connectivity index (χ1) is 13.5. The molecule has 148 valence electrons. The molecule has 3 aromatic rings. The van der Waals surface area contributed by atoms with Gasteiger partial charge in [-0.3, -0.25) is 0 Å². The Hall–Kier alpha value is -3.35. The third-order valence-electron chi connectivity index (χ3n) is 4.44. The minimum absolute atomic E-state index is 0.430. The third-order valence-corrected chi connectivity index (χ3v) is 4.44. The van der Waals surface area contributed by atoms with E-state index in [9.17, 15) is 0 Å². The summed E-state index contributed by atoms with van der Waals surface area (Å²) in [6.07, 6.45) is 0. The maximum absolute atomic E-state index is 5.58. The molecule has 0 saturated heterocycles. The van der Waals surface area contributed by atoms with Crippen LogP contribution in [0.1, 0.15) is 0 Å². The molecule has 0 N–H and O–H groups in total. The van der Waals surface area contributed by atoms with E-state index in [4.69, 9.17) is 23.5 Å². The molecule has 0 aliphatic heterocycles. The summed E-state index contributed by atoms with van der Waals surface area (Å²) in [6, 6.07) is 11.7. The standard InChI is InChI=1S/C21H24N2O5/c1-23(2)14-9-7-13(8-10-14)17-12-16(22-28-17)15-11-18(24-3)20(26-5)21(27-6)19(15)25-4/h7-12H,1-6H3. The summed E-state index contributed by atoms with van der Waals surface area (Å²) in [5.74, 6) is 2.53. The molecule has 1 heterocycles. The van der Waals surface area contributed by atoms with Crippen molar-refractivity contribution in [2.24, 2.45) is 0 Å². The third kappa shape index (κ3) is 3.43. The Labute approximate surface area is 164 Å².